The third kappa shape index (κ3) is 3.29. The van der Waals surface area contributed by atoms with E-state index in [0.29, 0.717) is 12.1 Å². The van der Waals surface area contributed by atoms with Crippen molar-refractivity contribution in [1.82, 2.24) is 10.3 Å². The molecule has 0 saturated heterocycles. The van der Waals surface area contributed by atoms with E-state index >= 15 is 0 Å². The minimum absolute atomic E-state index is 0.0550. The van der Waals surface area contributed by atoms with Crippen molar-refractivity contribution in [1.29, 1.82) is 0 Å². The van der Waals surface area contributed by atoms with Crippen LogP contribution in [-0.4, -0.2) is 10.9 Å². The SMILES string of the molecule is Cc1ccc(CNC(=O)c2ccccc2I)cn1. The van der Waals surface area contributed by atoms with Gasteiger partial charge in [-0.25, -0.2) is 0 Å². The second kappa shape index (κ2) is 5.95. The third-order valence-electron chi connectivity index (χ3n) is 2.54. The molecule has 3 nitrogen and oxygen atoms in total. The maximum atomic E-state index is 12.0. The van der Waals surface area contributed by atoms with Crippen LogP contribution in [0.25, 0.3) is 0 Å². The third-order valence-corrected chi connectivity index (χ3v) is 3.48. The van der Waals surface area contributed by atoms with Crippen molar-refractivity contribution in [3.05, 3.63) is 63.0 Å². The molecule has 0 fully saturated rings. The second-order valence-electron chi connectivity index (χ2n) is 3.97. The summed E-state index contributed by atoms with van der Waals surface area (Å²) in [6.07, 6.45) is 1.78. The van der Waals surface area contributed by atoms with Crippen LogP contribution in [-0.2, 0) is 6.54 Å². The van der Waals surface area contributed by atoms with Gasteiger partial charge in [0.15, 0.2) is 0 Å². The number of benzene rings is 1. The standard InChI is InChI=1S/C14H13IN2O/c1-10-6-7-11(8-16-10)9-17-14(18)12-4-2-3-5-13(12)15/h2-8H,9H2,1H3,(H,17,18). The van der Waals surface area contributed by atoms with E-state index in [9.17, 15) is 4.79 Å². The van der Waals surface area contributed by atoms with Gasteiger partial charge in [-0.1, -0.05) is 18.2 Å². The molecular formula is C14H13IN2O. The molecule has 1 heterocycles. The number of aryl methyl sites for hydroxylation is 1. The second-order valence-corrected chi connectivity index (χ2v) is 5.13. The highest BCUT2D eigenvalue weighted by molar-refractivity contribution is 14.1. The minimum atomic E-state index is -0.0550. The molecule has 18 heavy (non-hydrogen) atoms. The lowest BCUT2D eigenvalue weighted by Gasteiger charge is -2.06. The number of rotatable bonds is 3. The largest absolute Gasteiger partial charge is 0.348 e. The molecule has 1 aromatic carbocycles. The van der Waals surface area contributed by atoms with Crippen LogP contribution in [0.2, 0.25) is 0 Å². The molecule has 0 atom stereocenters. The average Bonchev–Trinajstić information content (AvgIpc) is 2.38. The van der Waals surface area contributed by atoms with Gasteiger partial charge < -0.3 is 5.32 Å². The molecule has 92 valence electrons. The van der Waals surface area contributed by atoms with Crippen LogP contribution in [0, 0.1) is 10.5 Å². The Kier molecular flexibility index (Phi) is 4.30. The van der Waals surface area contributed by atoms with E-state index in [2.05, 4.69) is 32.9 Å². The van der Waals surface area contributed by atoms with Crippen LogP contribution in [0.3, 0.4) is 0 Å². The van der Waals surface area contributed by atoms with Gasteiger partial charge in [-0.15, -0.1) is 0 Å². The van der Waals surface area contributed by atoms with Crippen molar-refractivity contribution in [3.63, 3.8) is 0 Å². The van der Waals surface area contributed by atoms with E-state index < -0.39 is 0 Å². The molecule has 0 spiro atoms. The molecule has 1 aromatic heterocycles. The zero-order chi connectivity index (χ0) is 13.0. The summed E-state index contributed by atoms with van der Waals surface area (Å²) in [4.78, 5) is 16.2. The topological polar surface area (TPSA) is 42.0 Å². The van der Waals surface area contributed by atoms with Crippen LogP contribution < -0.4 is 5.32 Å². The summed E-state index contributed by atoms with van der Waals surface area (Å²) in [6.45, 7) is 2.44. The van der Waals surface area contributed by atoms with Crippen LogP contribution in [0.15, 0.2) is 42.6 Å². The molecule has 2 aromatic rings. The number of hydrogen-bond acceptors (Lipinski definition) is 2. The molecule has 0 aliphatic rings. The first kappa shape index (κ1) is 13.0. The van der Waals surface area contributed by atoms with E-state index in [0.717, 1.165) is 14.8 Å². The summed E-state index contributed by atoms with van der Waals surface area (Å²) in [5, 5.41) is 2.89. The summed E-state index contributed by atoms with van der Waals surface area (Å²) in [5.41, 5.74) is 2.68. The molecule has 2 rings (SSSR count). The normalized spacial score (nSPS) is 10.1. The van der Waals surface area contributed by atoms with Crippen LogP contribution in [0.5, 0.6) is 0 Å². The number of nitrogens with one attached hydrogen (secondary N) is 1. The Morgan fingerprint density at radius 1 is 1.28 bits per heavy atom. The lowest BCUT2D eigenvalue weighted by atomic mass is 10.2. The fraction of sp³-hybridized carbons (Fsp3) is 0.143. The lowest BCUT2D eigenvalue weighted by molar-refractivity contribution is 0.0950. The van der Waals surface area contributed by atoms with E-state index in [-0.39, 0.29) is 5.91 Å². The van der Waals surface area contributed by atoms with Gasteiger partial charge in [-0.3, -0.25) is 9.78 Å². The number of halogens is 1. The highest BCUT2D eigenvalue weighted by Gasteiger charge is 2.08. The fourth-order valence-corrected chi connectivity index (χ4v) is 2.16. The number of carbonyl (C=O) groups excluding carboxylic acids is 1. The summed E-state index contributed by atoms with van der Waals surface area (Å²) < 4.78 is 0.953. The highest BCUT2D eigenvalue weighted by Crippen LogP contribution is 2.11. The van der Waals surface area contributed by atoms with E-state index in [1.165, 1.54) is 0 Å². The van der Waals surface area contributed by atoms with Crippen LogP contribution in [0.4, 0.5) is 0 Å². The highest BCUT2D eigenvalue weighted by atomic mass is 127. The predicted molar refractivity (Wildman–Crippen MR) is 79.3 cm³/mol. The molecular weight excluding hydrogens is 339 g/mol. The lowest BCUT2D eigenvalue weighted by Crippen LogP contribution is -2.23. The zero-order valence-corrected chi connectivity index (χ0v) is 12.1. The van der Waals surface area contributed by atoms with Crippen LogP contribution >= 0.6 is 22.6 Å². The molecule has 4 heteroatoms. The van der Waals surface area contributed by atoms with Gasteiger partial charge in [0, 0.05) is 22.0 Å². The zero-order valence-electron chi connectivity index (χ0n) is 9.98. The van der Waals surface area contributed by atoms with Crippen molar-refractivity contribution in [2.24, 2.45) is 0 Å². The average molecular weight is 352 g/mol. The summed E-state index contributed by atoms with van der Waals surface area (Å²) in [7, 11) is 0. The Morgan fingerprint density at radius 3 is 2.72 bits per heavy atom. The molecule has 0 radical (unpaired) electrons. The number of pyridine rings is 1. The van der Waals surface area contributed by atoms with Crippen molar-refractivity contribution >= 4 is 28.5 Å². The first-order valence-corrected chi connectivity index (χ1v) is 6.69. The Bertz CT molecular complexity index is 552. The van der Waals surface area contributed by atoms with Crippen molar-refractivity contribution < 1.29 is 4.79 Å². The molecule has 0 bridgehead atoms. The smallest absolute Gasteiger partial charge is 0.252 e. The first-order valence-electron chi connectivity index (χ1n) is 5.61. The Balaban J connectivity index is 2.01. The van der Waals surface area contributed by atoms with Gasteiger partial charge in [-0.05, 0) is 53.3 Å². The van der Waals surface area contributed by atoms with E-state index in [1.807, 2.05) is 43.3 Å². The number of carbonyl (C=O) groups is 1. The molecule has 0 aliphatic heterocycles. The number of amides is 1. The maximum Gasteiger partial charge on any atom is 0.252 e. The van der Waals surface area contributed by atoms with Gasteiger partial charge >= 0.3 is 0 Å². The number of aromatic nitrogens is 1. The predicted octanol–water partition coefficient (Wildman–Crippen LogP) is 2.92. The minimum Gasteiger partial charge on any atom is -0.348 e. The number of nitrogens with zero attached hydrogens (tertiary/aromatic N) is 1. The van der Waals surface area contributed by atoms with Crippen molar-refractivity contribution in [3.8, 4) is 0 Å². The Labute approximate surface area is 120 Å². The van der Waals surface area contributed by atoms with E-state index in [4.69, 9.17) is 0 Å². The van der Waals surface area contributed by atoms with E-state index in [1.54, 1.807) is 6.20 Å². The molecule has 1 amide bonds. The maximum absolute atomic E-state index is 12.0. The summed E-state index contributed by atoms with van der Waals surface area (Å²) >= 11 is 2.16. The molecule has 0 aliphatic carbocycles. The van der Waals surface area contributed by atoms with Crippen molar-refractivity contribution in [2.45, 2.75) is 13.5 Å². The fourth-order valence-electron chi connectivity index (χ4n) is 1.53. The molecule has 0 saturated carbocycles. The first-order chi connectivity index (χ1) is 8.66. The Hall–Kier alpha value is -1.43. The Morgan fingerprint density at radius 2 is 2.06 bits per heavy atom. The van der Waals surface area contributed by atoms with Gasteiger partial charge in [0.2, 0.25) is 0 Å². The van der Waals surface area contributed by atoms with Gasteiger partial charge in [0.25, 0.3) is 5.91 Å². The van der Waals surface area contributed by atoms with Gasteiger partial charge in [0.1, 0.15) is 0 Å². The van der Waals surface area contributed by atoms with Gasteiger partial charge in [-0.2, -0.15) is 0 Å². The van der Waals surface area contributed by atoms with Crippen LogP contribution in [0.1, 0.15) is 21.6 Å². The van der Waals surface area contributed by atoms with Gasteiger partial charge in [0.05, 0.1) is 5.56 Å². The molecule has 1 N–H and O–H groups in total. The summed E-state index contributed by atoms with van der Waals surface area (Å²) in [5.74, 6) is -0.0550. The summed E-state index contributed by atoms with van der Waals surface area (Å²) in [6, 6.07) is 11.4. The number of hydrogen-bond donors (Lipinski definition) is 1. The molecule has 0 unspecified atom stereocenters. The quantitative estimate of drug-likeness (QED) is 0.864. The van der Waals surface area contributed by atoms with Crippen molar-refractivity contribution in [2.75, 3.05) is 0 Å². The monoisotopic (exact) mass is 352 g/mol.